The number of benzene rings is 2. The number of piperidine rings is 1. The van der Waals surface area contributed by atoms with Crippen molar-refractivity contribution >= 4 is 22.7 Å². The minimum absolute atomic E-state index is 0.0455. The van der Waals surface area contributed by atoms with E-state index in [1.54, 1.807) is 0 Å². The first-order valence-electron chi connectivity index (χ1n) is 11.0. The van der Waals surface area contributed by atoms with Crippen LogP contribution in [0, 0.1) is 0 Å². The predicted molar refractivity (Wildman–Crippen MR) is 121 cm³/mol. The van der Waals surface area contributed by atoms with E-state index >= 15 is 0 Å². The molecule has 6 nitrogen and oxygen atoms in total. The van der Waals surface area contributed by atoms with Gasteiger partial charge in [-0.2, -0.15) is 0 Å². The third-order valence-corrected chi connectivity index (χ3v) is 6.95. The van der Waals surface area contributed by atoms with Crippen LogP contribution in [-0.2, 0) is 11.3 Å². The van der Waals surface area contributed by atoms with Crippen molar-refractivity contribution in [2.75, 3.05) is 33.2 Å². The van der Waals surface area contributed by atoms with Gasteiger partial charge in [-0.15, -0.1) is 0 Å². The van der Waals surface area contributed by atoms with E-state index in [0.29, 0.717) is 31.5 Å². The number of hydrogen-bond donors (Lipinski definition) is 1. The zero-order valence-corrected chi connectivity index (χ0v) is 17.9. The molecule has 160 valence electrons. The van der Waals surface area contributed by atoms with E-state index in [2.05, 4.69) is 22.0 Å². The highest BCUT2D eigenvalue weighted by Gasteiger charge is 2.50. The average molecular weight is 417 g/mol. The molecule has 3 heterocycles. The fraction of sp³-hybridized carbons (Fsp3) is 0.360. The molecule has 2 aromatic carbocycles. The van der Waals surface area contributed by atoms with Gasteiger partial charge < -0.3 is 14.8 Å². The maximum absolute atomic E-state index is 13.3. The first kappa shape index (κ1) is 19.8. The molecule has 0 unspecified atom stereocenters. The van der Waals surface area contributed by atoms with Gasteiger partial charge in [-0.05, 0) is 42.7 Å². The van der Waals surface area contributed by atoms with Crippen molar-refractivity contribution < 1.29 is 9.59 Å². The van der Waals surface area contributed by atoms with Gasteiger partial charge in [0.2, 0.25) is 5.91 Å². The third kappa shape index (κ3) is 3.51. The normalized spacial score (nSPS) is 19.3. The van der Waals surface area contributed by atoms with E-state index in [9.17, 15) is 9.59 Å². The molecule has 1 N–H and O–H groups in total. The topological polar surface area (TPSA) is 59.6 Å². The largest absolute Gasteiger partial charge is 0.361 e. The summed E-state index contributed by atoms with van der Waals surface area (Å²) in [5.41, 5.74) is 2.43. The van der Waals surface area contributed by atoms with Gasteiger partial charge in [0.05, 0.1) is 0 Å². The lowest BCUT2D eigenvalue weighted by Gasteiger charge is -2.52. The number of rotatable bonds is 3. The van der Waals surface area contributed by atoms with Crippen LogP contribution in [0.3, 0.4) is 0 Å². The van der Waals surface area contributed by atoms with Gasteiger partial charge in [0.25, 0.3) is 5.91 Å². The van der Waals surface area contributed by atoms with Crippen molar-refractivity contribution in [3.8, 4) is 0 Å². The molecule has 0 aliphatic carbocycles. The van der Waals surface area contributed by atoms with Crippen LogP contribution < -0.4 is 0 Å². The highest BCUT2D eigenvalue weighted by Crippen LogP contribution is 2.35. The molecule has 2 saturated heterocycles. The highest BCUT2D eigenvalue weighted by molar-refractivity contribution is 5.98. The Morgan fingerprint density at radius 3 is 2.55 bits per heavy atom. The summed E-state index contributed by atoms with van der Waals surface area (Å²) in [5, 5.41) is 1.04. The standard InChI is InChI=1S/C25H28N4O2/c1-27-15-16-29(18-19-5-3-2-4-6-19)25(24(27)31)10-13-28(14-11-25)23(30)21-7-8-22-20(17-21)9-12-26-22/h2-9,12,17,26H,10-11,13-16,18H2,1H3. The number of likely N-dealkylation sites (N-methyl/N-ethyl adjacent to an activating group) is 1. The first-order chi connectivity index (χ1) is 15.1. The molecular formula is C25H28N4O2. The molecule has 0 atom stereocenters. The Bertz CT molecular complexity index is 1100. The van der Waals surface area contributed by atoms with Crippen molar-refractivity contribution in [1.82, 2.24) is 19.7 Å². The molecule has 6 heteroatoms. The van der Waals surface area contributed by atoms with Gasteiger partial charge in [0, 0.05) is 62.4 Å². The highest BCUT2D eigenvalue weighted by atomic mass is 16.2. The maximum atomic E-state index is 13.3. The van der Waals surface area contributed by atoms with E-state index in [4.69, 9.17) is 0 Å². The second-order valence-electron chi connectivity index (χ2n) is 8.74. The number of hydrogen-bond acceptors (Lipinski definition) is 3. The molecule has 2 aliphatic rings. The summed E-state index contributed by atoms with van der Waals surface area (Å²) in [6, 6.07) is 18.1. The summed E-state index contributed by atoms with van der Waals surface area (Å²) >= 11 is 0. The second-order valence-corrected chi connectivity index (χ2v) is 8.74. The molecular weight excluding hydrogens is 388 g/mol. The predicted octanol–water partition coefficient (Wildman–Crippen LogP) is 3.12. The van der Waals surface area contributed by atoms with Gasteiger partial charge in [-0.1, -0.05) is 30.3 Å². The molecule has 2 aliphatic heterocycles. The van der Waals surface area contributed by atoms with Crippen molar-refractivity contribution in [2.45, 2.75) is 24.9 Å². The summed E-state index contributed by atoms with van der Waals surface area (Å²) in [6.07, 6.45) is 3.22. The van der Waals surface area contributed by atoms with Gasteiger partial charge in [0.1, 0.15) is 5.54 Å². The van der Waals surface area contributed by atoms with E-state index in [1.165, 1.54) is 5.56 Å². The molecule has 0 radical (unpaired) electrons. The minimum Gasteiger partial charge on any atom is -0.361 e. The fourth-order valence-electron chi connectivity index (χ4n) is 5.09. The summed E-state index contributed by atoms with van der Waals surface area (Å²) in [5.74, 6) is 0.236. The molecule has 1 aromatic heterocycles. The zero-order valence-electron chi connectivity index (χ0n) is 17.9. The number of aromatic amines is 1. The Balaban J connectivity index is 1.35. The van der Waals surface area contributed by atoms with Crippen molar-refractivity contribution in [3.63, 3.8) is 0 Å². The van der Waals surface area contributed by atoms with E-state index in [-0.39, 0.29) is 11.8 Å². The number of nitrogens with zero attached hydrogens (tertiary/aromatic N) is 3. The minimum atomic E-state index is -0.524. The lowest BCUT2D eigenvalue weighted by Crippen LogP contribution is -2.68. The number of carbonyl (C=O) groups excluding carboxylic acids is 2. The molecule has 3 aromatic rings. The Morgan fingerprint density at radius 1 is 1.00 bits per heavy atom. The number of likely N-dealkylation sites (tertiary alicyclic amines) is 1. The van der Waals surface area contributed by atoms with E-state index in [0.717, 1.165) is 30.5 Å². The summed E-state index contributed by atoms with van der Waals surface area (Å²) in [7, 11) is 1.90. The lowest BCUT2D eigenvalue weighted by molar-refractivity contribution is -0.154. The van der Waals surface area contributed by atoms with Crippen LogP contribution in [0.15, 0.2) is 60.8 Å². The zero-order chi connectivity index (χ0) is 21.4. The third-order valence-electron chi connectivity index (χ3n) is 6.95. The Kier molecular flexibility index (Phi) is 5.02. The van der Waals surface area contributed by atoms with Crippen LogP contribution in [0.1, 0.15) is 28.8 Å². The lowest BCUT2D eigenvalue weighted by atomic mass is 9.82. The number of fused-ring (bicyclic) bond motifs is 1. The van der Waals surface area contributed by atoms with Crippen LogP contribution in [0.5, 0.6) is 0 Å². The average Bonchev–Trinajstić information content (AvgIpc) is 3.28. The first-order valence-corrected chi connectivity index (χ1v) is 11.0. The fourth-order valence-corrected chi connectivity index (χ4v) is 5.09. The van der Waals surface area contributed by atoms with E-state index in [1.807, 2.05) is 65.5 Å². The van der Waals surface area contributed by atoms with Gasteiger partial charge in [-0.25, -0.2) is 0 Å². The van der Waals surface area contributed by atoms with Gasteiger partial charge >= 0.3 is 0 Å². The van der Waals surface area contributed by atoms with Crippen molar-refractivity contribution in [2.24, 2.45) is 0 Å². The van der Waals surface area contributed by atoms with Gasteiger partial charge in [-0.3, -0.25) is 14.5 Å². The summed E-state index contributed by atoms with van der Waals surface area (Å²) in [4.78, 5) is 35.8. The molecule has 0 bridgehead atoms. The summed E-state index contributed by atoms with van der Waals surface area (Å²) in [6.45, 7) is 3.55. The van der Waals surface area contributed by atoms with Crippen LogP contribution in [0.4, 0.5) is 0 Å². The summed E-state index contributed by atoms with van der Waals surface area (Å²) < 4.78 is 0. The molecule has 2 fully saturated rings. The number of H-pyrrole nitrogens is 1. The van der Waals surface area contributed by atoms with Gasteiger partial charge in [0.15, 0.2) is 0 Å². The Morgan fingerprint density at radius 2 is 1.77 bits per heavy atom. The number of piperazine rings is 1. The SMILES string of the molecule is CN1CCN(Cc2ccccc2)C2(CCN(C(=O)c3ccc4[nH]ccc4c3)CC2)C1=O. The van der Waals surface area contributed by atoms with Crippen molar-refractivity contribution in [3.05, 3.63) is 71.9 Å². The van der Waals surface area contributed by atoms with Crippen LogP contribution in [-0.4, -0.2) is 70.3 Å². The number of aromatic nitrogens is 1. The van der Waals surface area contributed by atoms with Crippen LogP contribution in [0.2, 0.25) is 0 Å². The monoisotopic (exact) mass is 416 g/mol. The number of nitrogens with one attached hydrogen (secondary N) is 1. The second kappa shape index (κ2) is 7.85. The van der Waals surface area contributed by atoms with Crippen LogP contribution >= 0.6 is 0 Å². The maximum Gasteiger partial charge on any atom is 0.253 e. The Labute approximate surface area is 182 Å². The van der Waals surface area contributed by atoms with Crippen molar-refractivity contribution in [1.29, 1.82) is 0 Å². The molecule has 31 heavy (non-hydrogen) atoms. The van der Waals surface area contributed by atoms with Crippen LogP contribution in [0.25, 0.3) is 10.9 Å². The number of carbonyl (C=O) groups is 2. The smallest absolute Gasteiger partial charge is 0.253 e. The quantitative estimate of drug-likeness (QED) is 0.714. The number of amides is 2. The molecule has 0 saturated carbocycles. The molecule has 2 amide bonds. The Hall–Kier alpha value is -3.12. The van der Waals surface area contributed by atoms with E-state index < -0.39 is 5.54 Å². The molecule has 5 rings (SSSR count). The molecule has 1 spiro atoms.